The Morgan fingerprint density at radius 3 is 2.16 bits per heavy atom. The van der Waals surface area contributed by atoms with Crippen molar-refractivity contribution in [1.29, 1.82) is 0 Å². The normalized spacial score (nSPS) is 11.8. The van der Waals surface area contributed by atoms with Gasteiger partial charge in [-0.2, -0.15) is 0 Å². The Morgan fingerprint density at radius 1 is 1.11 bits per heavy atom. The Bertz CT molecular complexity index is 525. The van der Waals surface area contributed by atoms with Gasteiger partial charge in [-0.3, -0.25) is 4.79 Å². The summed E-state index contributed by atoms with van der Waals surface area (Å²) in [6.45, 7) is 1.58. The van der Waals surface area contributed by atoms with E-state index in [0.29, 0.717) is 5.56 Å². The van der Waals surface area contributed by atoms with Gasteiger partial charge in [0.05, 0.1) is 11.1 Å². The molecule has 0 aliphatic carbocycles. The standard InChI is InChI=1S/C12H13NO6/c1-6(10(14)15)13-5-7-2-3-8(11(16)17)9(4-7)12(18)19/h2-4,6,13H,5H2,1H3,(H,14,15)(H,16,17)(H,18,19)/t6-/m0/s1. The summed E-state index contributed by atoms with van der Waals surface area (Å²) in [6.07, 6.45) is 0. The van der Waals surface area contributed by atoms with Gasteiger partial charge in [-0.1, -0.05) is 6.07 Å². The molecule has 1 rings (SSSR count). The van der Waals surface area contributed by atoms with Crippen molar-refractivity contribution < 1.29 is 29.7 Å². The zero-order valence-electron chi connectivity index (χ0n) is 10.1. The fraction of sp³-hybridized carbons (Fsp3) is 0.250. The van der Waals surface area contributed by atoms with Crippen molar-refractivity contribution in [2.24, 2.45) is 0 Å². The van der Waals surface area contributed by atoms with Gasteiger partial charge in [0.25, 0.3) is 0 Å². The minimum absolute atomic E-state index is 0.133. The lowest BCUT2D eigenvalue weighted by Gasteiger charge is -2.10. The number of aromatic carboxylic acids is 2. The van der Waals surface area contributed by atoms with Gasteiger partial charge in [0.15, 0.2) is 0 Å². The monoisotopic (exact) mass is 267 g/mol. The number of benzene rings is 1. The first-order chi connectivity index (χ1) is 8.82. The zero-order chi connectivity index (χ0) is 14.6. The molecule has 0 aliphatic heterocycles. The van der Waals surface area contributed by atoms with E-state index >= 15 is 0 Å². The van der Waals surface area contributed by atoms with Gasteiger partial charge in [0, 0.05) is 6.54 Å². The second-order valence-corrected chi connectivity index (χ2v) is 3.93. The maximum absolute atomic E-state index is 10.9. The van der Waals surface area contributed by atoms with E-state index in [2.05, 4.69) is 5.32 Å². The summed E-state index contributed by atoms with van der Waals surface area (Å²) in [4.78, 5) is 32.4. The number of carboxylic acid groups (broad SMARTS) is 3. The van der Waals surface area contributed by atoms with E-state index in [1.54, 1.807) is 0 Å². The van der Waals surface area contributed by atoms with Gasteiger partial charge in [-0.25, -0.2) is 9.59 Å². The summed E-state index contributed by atoms with van der Waals surface area (Å²) in [5.74, 6) is -3.69. The molecule has 0 saturated carbocycles. The van der Waals surface area contributed by atoms with E-state index in [1.807, 2.05) is 0 Å². The van der Waals surface area contributed by atoms with Crippen molar-refractivity contribution >= 4 is 17.9 Å². The first kappa shape index (κ1) is 14.7. The van der Waals surface area contributed by atoms with Crippen LogP contribution in [0, 0.1) is 0 Å². The molecule has 0 bridgehead atoms. The summed E-state index contributed by atoms with van der Waals surface area (Å²) in [7, 11) is 0. The molecule has 0 amide bonds. The summed E-state index contributed by atoms with van der Waals surface area (Å²) < 4.78 is 0. The highest BCUT2D eigenvalue weighted by Crippen LogP contribution is 2.13. The van der Waals surface area contributed by atoms with Crippen molar-refractivity contribution in [3.8, 4) is 0 Å². The highest BCUT2D eigenvalue weighted by atomic mass is 16.4. The molecular formula is C12H13NO6. The van der Waals surface area contributed by atoms with Crippen molar-refractivity contribution in [3.05, 3.63) is 34.9 Å². The Morgan fingerprint density at radius 2 is 1.68 bits per heavy atom. The predicted molar refractivity (Wildman–Crippen MR) is 64.3 cm³/mol. The Labute approximate surface area is 108 Å². The van der Waals surface area contributed by atoms with Gasteiger partial charge in [-0.15, -0.1) is 0 Å². The van der Waals surface area contributed by atoms with Crippen LogP contribution in [0.4, 0.5) is 0 Å². The summed E-state index contributed by atoms with van der Waals surface area (Å²) in [5, 5.41) is 29.1. The second-order valence-electron chi connectivity index (χ2n) is 3.93. The first-order valence-corrected chi connectivity index (χ1v) is 5.38. The van der Waals surface area contributed by atoms with Crippen molar-refractivity contribution in [2.45, 2.75) is 19.5 Å². The first-order valence-electron chi connectivity index (χ1n) is 5.38. The quantitative estimate of drug-likeness (QED) is 0.596. The number of nitrogens with one attached hydrogen (secondary N) is 1. The van der Waals surface area contributed by atoms with Gasteiger partial charge in [0.1, 0.15) is 6.04 Å². The summed E-state index contributed by atoms with van der Waals surface area (Å²) in [6, 6.07) is 3.06. The van der Waals surface area contributed by atoms with Crippen LogP contribution in [0.1, 0.15) is 33.2 Å². The van der Waals surface area contributed by atoms with Crippen LogP contribution >= 0.6 is 0 Å². The van der Waals surface area contributed by atoms with Crippen molar-refractivity contribution in [1.82, 2.24) is 5.32 Å². The number of carboxylic acids is 3. The van der Waals surface area contributed by atoms with Crippen LogP contribution in [0.5, 0.6) is 0 Å². The minimum atomic E-state index is -1.34. The summed E-state index contributed by atoms with van der Waals surface area (Å²) >= 11 is 0. The Balaban J connectivity index is 2.93. The van der Waals surface area contributed by atoms with Crippen LogP contribution in [0.15, 0.2) is 18.2 Å². The third-order valence-corrected chi connectivity index (χ3v) is 2.53. The van der Waals surface area contributed by atoms with E-state index in [-0.39, 0.29) is 17.7 Å². The molecule has 0 aliphatic rings. The molecule has 1 atom stereocenters. The van der Waals surface area contributed by atoms with E-state index in [1.165, 1.54) is 25.1 Å². The van der Waals surface area contributed by atoms with Gasteiger partial charge >= 0.3 is 17.9 Å². The number of rotatable bonds is 6. The topological polar surface area (TPSA) is 124 Å². The van der Waals surface area contributed by atoms with E-state index in [0.717, 1.165) is 0 Å². The average Bonchev–Trinajstić information content (AvgIpc) is 2.35. The Kier molecular flexibility index (Phi) is 4.60. The molecular weight excluding hydrogens is 254 g/mol. The fourth-order valence-corrected chi connectivity index (χ4v) is 1.42. The highest BCUT2D eigenvalue weighted by molar-refractivity contribution is 6.01. The molecule has 1 aromatic carbocycles. The SMILES string of the molecule is C[C@H](NCc1ccc(C(=O)O)c(C(=O)O)c1)C(=O)O. The molecule has 0 spiro atoms. The molecule has 1 aromatic rings. The Hall–Kier alpha value is -2.41. The molecule has 0 heterocycles. The van der Waals surface area contributed by atoms with E-state index < -0.39 is 23.9 Å². The summed E-state index contributed by atoms with van der Waals surface area (Å²) in [5.41, 5.74) is -0.132. The maximum Gasteiger partial charge on any atom is 0.336 e. The molecule has 102 valence electrons. The largest absolute Gasteiger partial charge is 0.480 e. The minimum Gasteiger partial charge on any atom is -0.480 e. The van der Waals surface area contributed by atoms with E-state index in [9.17, 15) is 14.4 Å². The van der Waals surface area contributed by atoms with Gasteiger partial charge < -0.3 is 20.6 Å². The molecule has 19 heavy (non-hydrogen) atoms. The number of carbonyl (C=O) groups is 3. The van der Waals surface area contributed by atoms with Crippen molar-refractivity contribution in [2.75, 3.05) is 0 Å². The lowest BCUT2D eigenvalue weighted by molar-refractivity contribution is -0.139. The number of aliphatic carboxylic acids is 1. The van der Waals surface area contributed by atoms with Crippen molar-refractivity contribution in [3.63, 3.8) is 0 Å². The predicted octanol–water partition coefficient (Wildman–Crippen LogP) is 0.646. The van der Waals surface area contributed by atoms with Gasteiger partial charge in [-0.05, 0) is 24.6 Å². The van der Waals surface area contributed by atoms with Crippen LogP contribution in [-0.4, -0.2) is 39.3 Å². The average molecular weight is 267 g/mol. The van der Waals surface area contributed by atoms with Crippen LogP contribution in [0.3, 0.4) is 0 Å². The van der Waals surface area contributed by atoms with E-state index in [4.69, 9.17) is 15.3 Å². The molecule has 0 aromatic heterocycles. The highest BCUT2D eigenvalue weighted by Gasteiger charge is 2.17. The molecule has 7 heteroatoms. The van der Waals surface area contributed by atoms with Crippen LogP contribution < -0.4 is 5.32 Å². The molecule has 0 saturated heterocycles. The van der Waals surface area contributed by atoms with Gasteiger partial charge in [0.2, 0.25) is 0 Å². The molecule has 7 nitrogen and oxygen atoms in total. The molecule has 0 fully saturated rings. The van der Waals surface area contributed by atoms with Crippen LogP contribution in [0.2, 0.25) is 0 Å². The second kappa shape index (κ2) is 5.96. The number of hydrogen-bond acceptors (Lipinski definition) is 4. The smallest absolute Gasteiger partial charge is 0.336 e. The third-order valence-electron chi connectivity index (χ3n) is 2.53. The molecule has 0 radical (unpaired) electrons. The van der Waals surface area contributed by atoms with Crippen LogP contribution in [0.25, 0.3) is 0 Å². The molecule has 0 unspecified atom stereocenters. The lowest BCUT2D eigenvalue weighted by Crippen LogP contribution is -2.33. The zero-order valence-corrected chi connectivity index (χ0v) is 10.1. The fourth-order valence-electron chi connectivity index (χ4n) is 1.42. The number of hydrogen-bond donors (Lipinski definition) is 4. The van der Waals surface area contributed by atoms with Crippen LogP contribution in [-0.2, 0) is 11.3 Å². The maximum atomic E-state index is 10.9. The third kappa shape index (κ3) is 3.78. The molecule has 4 N–H and O–H groups in total. The lowest BCUT2D eigenvalue weighted by atomic mass is 10.0.